The smallest absolute Gasteiger partial charge is 0.243 e. The highest BCUT2D eigenvalue weighted by molar-refractivity contribution is 8.00. The molecule has 0 heterocycles. The van der Waals surface area contributed by atoms with Gasteiger partial charge in [-0.2, -0.15) is 0 Å². The lowest BCUT2D eigenvalue weighted by atomic mass is 9.87. The number of nitrogens with one attached hydrogen (secondary N) is 2. The molecule has 26 heavy (non-hydrogen) atoms. The molecule has 0 radical (unpaired) electrons. The van der Waals surface area contributed by atoms with Crippen LogP contribution in [0.1, 0.15) is 26.3 Å². The van der Waals surface area contributed by atoms with Gasteiger partial charge in [-0.3, -0.25) is 9.59 Å². The van der Waals surface area contributed by atoms with Gasteiger partial charge in [-0.1, -0.05) is 45.0 Å². The predicted molar refractivity (Wildman–Crippen MR) is 109 cm³/mol. The van der Waals surface area contributed by atoms with E-state index in [1.165, 1.54) is 17.3 Å². The lowest BCUT2D eigenvalue weighted by molar-refractivity contribution is -0.116. The molecule has 0 spiro atoms. The lowest BCUT2D eigenvalue weighted by Gasteiger charge is -2.19. The van der Waals surface area contributed by atoms with Crippen LogP contribution in [0.2, 0.25) is 0 Å². The predicted octanol–water partition coefficient (Wildman–Crippen LogP) is 3.61. The molecule has 138 valence electrons. The number of benzene rings is 2. The minimum atomic E-state index is -0.374. The summed E-state index contributed by atoms with van der Waals surface area (Å²) in [7, 11) is 0. The minimum Gasteiger partial charge on any atom is -0.375 e. The topological polar surface area (TPSA) is 84.2 Å². The second-order valence-electron chi connectivity index (χ2n) is 6.98. The van der Waals surface area contributed by atoms with Gasteiger partial charge < -0.3 is 16.4 Å². The molecule has 2 amide bonds. The number of primary amides is 1. The molecule has 0 saturated carbocycles. The van der Waals surface area contributed by atoms with E-state index in [9.17, 15) is 9.59 Å². The summed E-state index contributed by atoms with van der Waals surface area (Å²) in [5, 5.41) is 5.99. The zero-order valence-electron chi connectivity index (χ0n) is 15.3. The van der Waals surface area contributed by atoms with Gasteiger partial charge in [0.1, 0.15) is 0 Å². The molecule has 2 rings (SSSR count). The summed E-state index contributed by atoms with van der Waals surface area (Å²) in [4.78, 5) is 24.0. The fourth-order valence-electron chi connectivity index (χ4n) is 2.32. The molecule has 4 N–H and O–H groups in total. The Kier molecular flexibility index (Phi) is 6.69. The van der Waals surface area contributed by atoms with E-state index < -0.39 is 0 Å². The molecule has 6 heteroatoms. The van der Waals surface area contributed by atoms with Crippen LogP contribution in [0.3, 0.4) is 0 Å². The maximum absolute atomic E-state index is 12.2. The van der Waals surface area contributed by atoms with Crippen LogP contribution in [0.15, 0.2) is 53.4 Å². The van der Waals surface area contributed by atoms with Crippen molar-refractivity contribution in [1.82, 2.24) is 0 Å². The molecular formula is C20H25N3O2S. The number of amides is 2. The van der Waals surface area contributed by atoms with Crippen LogP contribution in [-0.4, -0.2) is 24.1 Å². The third-order valence-corrected chi connectivity index (χ3v) is 4.83. The largest absolute Gasteiger partial charge is 0.375 e. The van der Waals surface area contributed by atoms with Crippen molar-refractivity contribution in [2.75, 3.05) is 22.9 Å². The van der Waals surface area contributed by atoms with Gasteiger partial charge in [0.2, 0.25) is 11.8 Å². The zero-order valence-corrected chi connectivity index (χ0v) is 16.2. The lowest BCUT2D eigenvalue weighted by Crippen LogP contribution is -2.22. The molecule has 0 unspecified atom stereocenters. The first kappa shape index (κ1) is 19.8. The van der Waals surface area contributed by atoms with Gasteiger partial charge in [-0.15, -0.1) is 11.8 Å². The van der Waals surface area contributed by atoms with Crippen molar-refractivity contribution in [2.45, 2.75) is 31.1 Å². The SMILES string of the molecule is CC(C)(C)c1ccc(NC(=O)CNc2ccccc2SCC(N)=O)cc1. The number of nitrogens with two attached hydrogens (primary N) is 1. The molecular weight excluding hydrogens is 346 g/mol. The summed E-state index contributed by atoms with van der Waals surface area (Å²) < 4.78 is 0. The summed E-state index contributed by atoms with van der Waals surface area (Å²) in [5.74, 6) is -0.310. The van der Waals surface area contributed by atoms with E-state index in [2.05, 4.69) is 31.4 Å². The average Bonchev–Trinajstić information content (AvgIpc) is 2.58. The Morgan fingerprint density at radius 1 is 1.04 bits per heavy atom. The van der Waals surface area contributed by atoms with Crippen LogP contribution >= 0.6 is 11.8 Å². The van der Waals surface area contributed by atoms with E-state index >= 15 is 0 Å². The quantitative estimate of drug-likeness (QED) is 0.649. The van der Waals surface area contributed by atoms with Gasteiger partial charge in [0.05, 0.1) is 12.3 Å². The molecule has 0 bridgehead atoms. The van der Waals surface area contributed by atoms with Crippen LogP contribution in [0.25, 0.3) is 0 Å². The highest BCUT2D eigenvalue weighted by Gasteiger charge is 2.13. The third-order valence-electron chi connectivity index (χ3n) is 3.73. The van der Waals surface area contributed by atoms with Crippen molar-refractivity contribution >= 4 is 35.0 Å². The molecule has 0 aliphatic heterocycles. The molecule has 0 aromatic heterocycles. The van der Waals surface area contributed by atoms with Crippen molar-refractivity contribution in [2.24, 2.45) is 5.73 Å². The Labute approximate surface area is 158 Å². The molecule has 0 fully saturated rings. The normalized spacial score (nSPS) is 11.0. The summed E-state index contributed by atoms with van der Waals surface area (Å²) in [6.45, 7) is 6.59. The molecule has 0 aliphatic rings. The Bertz CT molecular complexity index is 767. The Balaban J connectivity index is 1.92. The number of hydrogen-bond acceptors (Lipinski definition) is 4. The second-order valence-corrected chi connectivity index (χ2v) is 8.00. The maximum Gasteiger partial charge on any atom is 0.243 e. The zero-order chi connectivity index (χ0) is 19.2. The van der Waals surface area contributed by atoms with Gasteiger partial charge in [-0.05, 0) is 35.2 Å². The first-order valence-electron chi connectivity index (χ1n) is 8.40. The summed E-state index contributed by atoms with van der Waals surface area (Å²) in [5.41, 5.74) is 8.06. The van der Waals surface area contributed by atoms with Gasteiger partial charge in [0.15, 0.2) is 0 Å². The van der Waals surface area contributed by atoms with E-state index in [-0.39, 0.29) is 29.5 Å². The van der Waals surface area contributed by atoms with Crippen LogP contribution in [-0.2, 0) is 15.0 Å². The number of thioether (sulfide) groups is 1. The van der Waals surface area contributed by atoms with Crippen LogP contribution in [0.5, 0.6) is 0 Å². The fourth-order valence-corrected chi connectivity index (χ4v) is 3.09. The number of carbonyl (C=O) groups excluding carboxylic acids is 2. The third kappa shape index (κ3) is 6.11. The number of rotatable bonds is 7. The first-order valence-corrected chi connectivity index (χ1v) is 9.38. The van der Waals surface area contributed by atoms with Gasteiger partial charge >= 0.3 is 0 Å². The van der Waals surface area contributed by atoms with Crippen LogP contribution in [0, 0.1) is 0 Å². The van der Waals surface area contributed by atoms with Crippen molar-refractivity contribution in [3.8, 4) is 0 Å². The number of para-hydroxylation sites is 1. The molecule has 5 nitrogen and oxygen atoms in total. The van der Waals surface area contributed by atoms with Crippen LogP contribution < -0.4 is 16.4 Å². The number of carbonyl (C=O) groups is 2. The van der Waals surface area contributed by atoms with Crippen molar-refractivity contribution < 1.29 is 9.59 Å². The molecule has 2 aromatic carbocycles. The summed E-state index contributed by atoms with van der Waals surface area (Å²) >= 11 is 1.35. The van der Waals surface area contributed by atoms with E-state index in [0.717, 1.165) is 16.3 Å². The van der Waals surface area contributed by atoms with E-state index in [4.69, 9.17) is 5.73 Å². The van der Waals surface area contributed by atoms with E-state index in [0.29, 0.717) is 0 Å². The highest BCUT2D eigenvalue weighted by Crippen LogP contribution is 2.26. The van der Waals surface area contributed by atoms with E-state index in [1.807, 2.05) is 48.5 Å². The molecule has 2 aromatic rings. The van der Waals surface area contributed by atoms with Crippen molar-refractivity contribution in [1.29, 1.82) is 0 Å². The number of hydrogen-bond donors (Lipinski definition) is 3. The van der Waals surface area contributed by atoms with Crippen molar-refractivity contribution in [3.63, 3.8) is 0 Å². The Morgan fingerprint density at radius 3 is 2.31 bits per heavy atom. The van der Waals surface area contributed by atoms with Gasteiger partial charge in [0, 0.05) is 16.3 Å². The Morgan fingerprint density at radius 2 is 1.69 bits per heavy atom. The standard InChI is InChI=1S/C20H25N3O2S/c1-20(2,3)14-8-10-15(11-9-14)23-19(25)12-22-16-6-4-5-7-17(16)26-13-18(21)24/h4-11,22H,12-13H2,1-3H3,(H2,21,24)(H,23,25). The molecule has 0 saturated heterocycles. The first-order chi connectivity index (χ1) is 12.3. The maximum atomic E-state index is 12.2. The van der Waals surface area contributed by atoms with Crippen molar-refractivity contribution in [3.05, 3.63) is 54.1 Å². The van der Waals surface area contributed by atoms with Gasteiger partial charge in [-0.25, -0.2) is 0 Å². The monoisotopic (exact) mass is 371 g/mol. The van der Waals surface area contributed by atoms with E-state index in [1.54, 1.807) is 0 Å². The highest BCUT2D eigenvalue weighted by atomic mass is 32.2. The fraction of sp³-hybridized carbons (Fsp3) is 0.300. The number of anilines is 2. The summed E-state index contributed by atoms with van der Waals surface area (Å²) in [6, 6.07) is 15.4. The van der Waals surface area contributed by atoms with Crippen LogP contribution in [0.4, 0.5) is 11.4 Å². The average molecular weight is 372 g/mol. The van der Waals surface area contributed by atoms with Gasteiger partial charge in [0.25, 0.3) is 0 Å². The molecule has 0 atom stereocenters. The molecule has 0 aliphatic carbocycles. The Hall–Kier alpha value is -2.47. The summed E-state index contributed by atoms with van der Waals surface area (Å²) in [6.07, 6.45) is 0. The second kappa shape index (κ2) is 8.76. The minimum absolute atomic E-state index is 0.0797.